The Morgan fingerprint density at radius 1 is 1.07 bits per heavy atom. The first-order valence-corrected chi connectivity index (χ1v) is 11.6. The number of hydrogen-bond donors (Lipinski definition) is 0. The lowest BCUT2D eigenvalue weighted by Gasteiger charge is -2.33. The summed E-state index contributed by atoms with van der Waals surface area (Å²) in [6.45, 7) is 1.07. The minimum atomic E-state index is -3.62. The van der Waals surface area contributed by atoms with Crippen LogP contribution in [0.5, 0.6) is 0 Å². The Balaban J connectivity index is 1.62. The molecule has 1 heterocycles. The molecule has 0 atom stereocenters. The van der Waals surface area contributed by atoms with E-state index in [0.717, 1.165) is 29.8 Å². The smallest absolute Gasteiger partial charge is 0.243 e. The van der Waals surface area contributed by atoms with E-state index in [9.17, 15) is 13.2 Å². The van der Waals surface area contributed by atoms with Crippen molar-refractivity contribution in [2.75, 3.05) is 30.2 Å². The van der Waals surface area contributed by atoms with E-state index >= 15 is 0 Å². The van der Waals surface area contributed by atoms with E-state index in [-0.39, 0.29) is 12.5 Å². The van der Waals surface area contributed by atoms with Crippen LogP contribution in [0.1, 0.15) is 18.4 Å². The number of likely N-dealkylation sites (tertiary alicyclic amines) is 1. The standard InChI is InChI=1S/C21H25ClN2O3S/c1-28(26,27)24(20-10-6-5-9-19(20)22)16-21(25)23-13-11-18(12-14-23)15-17-7-3-2-4-8-17/h2-10,18H,11-16H2,1H3. The highest BCUT2D eigenvalue weighted by atomic mass is 35.5. The summed E-state index contributed by atoms with van der Waals surface area (Å²) >= 11 is 6.16. The molecule has 2 aromatic rings. The predicted octanol–water partition coefficient (Wildman–Crippen LogP) is 3.59. The van der Waals surface area contributed by atoms with Gasteiger partial charge in [0, 0.05) is 13.1 Å². The molecule has 0 aromatic heterocycles. The van der Waals surface area contributed by atoms with Crippen molar-refractivity contribution >= 4 is 33.2 Å². The third kappa shape index (κ3) is 5.26. The van der Waals surface area contributed by atoms with Gasteiger partial charge in [-0.2, -0.15) is 0 Å². The summed E-state index contributed by atoms with van der Waals surface area (Å²) in [4.78, 5) is 14.5. The summed E-state index contributed by atoms with van der Waals surface area (Å²) in [7, 11) is -3.62. The normalized spacial score (nSPS) is 15.4. The highest BCUT2D eigenvalue weighted by molar-refractivity contribution is 7.92. The maximum atomic E-state index is 12.8. The van der Waals surface area contributed by atoms with Crippen molar-refractivity contribution < 1.29 is 13.2 Å². The van der Waals surface area contributed by atoms with Crippen molar-refractivity contribution in [3.05, 3.63) is 65.2 Å². The Labute approximate surface area is 172 Å². The molecule has 1 aliphatic rings. The average Bonchev–Trinajstić information content (AvgIpc) is 2.67. The van der Waals surface area contributed by atoms with Crippen molar-refractivity contribution in [2.45, 2.75) is 19.3 Å². The van der Waals surface area contributed by atoms with Crippen LogP contribution in [0.4, 0.5) is 5.69 Å². The molecule has 1 amide bonds. The third-order valence-corrected chi connectivity index (χ3v) is 6.58. The summed E-state index contributed by atoms with van der Waals surface area (Å²) in [5.74, 6) is 0.351. The lowest BCUT2D eigenvalue weighted by molar-refractivity contribution is -0.130. The van der Waals surface area contributed by atoms with E-state index in [4.69, 9.17) is 11.6 Å². The molecule has 0 aliphatic carbocycles. The number of carbonyl (C=O) groups excluding carboxylic acids is 1. The maximum absolute atomic E-state index is 12.8. The van der Waals surface area contributed by atoms with Crippen LogP contribution in [-0.2, 0) is 21.2 Å². The quantitative estimate of drug-likeness (QED) is 0.717. The highest BCUT2D eigenvalue weighted by Crippen LogP contribution is 2.28. The van der Waals surface area contributed by atoms with Gasteiger partial charge in [-0.1, -0.05) is 54.1 Å². The Morgan fingerprint density at radius 2 is 1.68 bits per heavy atom. The minimum absolute atomic E-state index is 0.191. The van der Waals surface area contributed by atoms with E-state index < -0.39 is 10.0 Å². The Hall–Kier alpha value is -2.05. The Morgan fingerprint density at radius 3 is 2.29 bits per heavy atom. The fourth-order valence-electron chi connectivity index (χ4n) is 3.59. The van der Waals surface area contributed by atoms with Gasteiger partial charge in [-0.15, -0.1) is 0 Å². The summed E-state index contributed by atoms with van der Waals surface area (Å²) in [6.07, 6.45) is 3.95. The molecule has 5 nitrogen and oxygen atoms in total. The van der Waals surface area contributed by atoms with Gasteiger partial charge in [0.15, 0.2) is 0 Å². The first-order valence-electron chi connectivity index (χ1n) is 9.38. The molecule has 7 heteroatoms. The molecular weight excluding hydrogens is 396 g/mol. The molecule has 0 bridgehead atoms. The van der Waals surface area contributed by atoms with Crippen molar-refractivity contribution in [3.8, 4) is 0 Å². The topological polar surface area (TPSA) is 57.7 Å². The van der Waals surface area contributed by atoms with Crippen LogP contribution in [0.15, 0.2) is 54.6 Å². The fraction of sp³-hybridized carbons (Fsp3) is 0.381. The molecule has 1 aliphatic heterocycles. The molecule has 0 saturated carbocycles. The van der Waals surface area contributed by atoms with Gasteiger partial charge in [-0.05, 0) is 42.9 Å². The molecule has 3 rings (SSSR count). The second-order valence-corrected chi connectivity index (χ2v) is 9.55. The third-order valence-electron chi connectivity index (χ3n) is 5.13. The fourth-order valence-corrected chi connectivity index (χ4v) is 4.74. The number of anilines is 1. The summed E-state index contributed by atoms with van der Waals surface area (Å²) < 4.78 is 25.6. The first-order chi connectivity index (χ1) is 13.3. The number of carbonyl (C=O) groups is 1. The van der Waals surface area contributed by atoms with Crippen LogP contribution >= 0.6 is 11.6 Å². The van der Waals surface area contributed by atoms with Crippen LogP contribution in [0, 0.1) is 5.92 Å². The van der Waals surface area contributed by atoms with Crippen molar-refractivity contribution in [1.29, 1.82) is 0 Å². The van der Waals surface area contributed by atoms with E-state index in [1.54, 1.807) is 29.2 Å². The van der Waals surface area contributed by atoms with Gasteiger partial charge < -0.3 is 4.90 Å². The van der Waals surface area contributed by atoms with E-state index in [2.05, 4.69) is 12.1 Å². The number of hydrogen-bond acceptors (Lipinski definition) is 3. The molecule has 2 aromatic carbocycles. The number of amides is 1. The van der Waals surface area contributed by atoms with Gasteiger partial charge >= 0.3 is 0 Å². The second kappa shape index (κ2) is 8.97. The Bertz CT molecular complexity index is 910. The molecule has 0 radical (unpaired) electrons. The monoisotopic (exact) mass is 420 g/mol. The largest absolute Gasteiger partial charge is 0.341 e. The number of nitrogens with zero attached hydrogens (tertiary/aromatic N) is 2. The molecule has 0 unspecified atom stereocenters. The van der Waals surface area contributed by atoms with Crippen molar-refractivity contribution in [2.24, 2.45) is 5.92 Å². The van der Waals surface area contributed by atoms with Crippen LogP contribution in [0.25, 0.3) is 0 Å². The lowest BCUT2D eigenvalue weighted by Crippen LogP contribution is -2.46. The summed E-state index contributed by atoms with van der Waals surface area (Å²) in [5.41, 5.74) is 1.65. The van der Waals surface area contributed by atoms with Crippen molar-refractivity contribution in [3.63, 3.8) is 0 Å². The van der Waals surface area contributed by atoms with E-state index in [1.165, 1.54) is 5.56 Å². The maximum Gasteiger partial charge on any atom is 0.243 e. The van der Waals surface area contributed by atoms with Gasteiger partial charge in [0.25, 0.3) is 0 Å². The SMILES string of the molecule is CS(=O)(=O)N(CC(=O)N1CCC(Cc2ccccc2)CC1)c1ccccc1Cl. The molecule has 0 spiro atoms. The zero-order chi connectivity index (χ0) is 20.1. The van der Waals surface area contributed by atoms with Gasteiger partial charge in [0.05, 0.1) is 17.0 Å². The van der Waals surface area contributed by atoms with Crippen LogP contribution in [0.3, 0.4) is 0 Å². The number of benzene rings is 2. The second-order valence-electron chi connectivity index (χ2n) is 7.23. The minimum Gasteiger partial charge on any atom is -0.341 e. The summed E-state index contributed by atoms with van der Waals surface area (Å²) in [6, 6.07) is 17.0. The first kappa shape index (κ1) is 20.7. The molecule has 0 N–H and O–H groups in total. The number of halogens is 1. The van der Waals surface area contributed by atoms with Gasteiger partial charge in [-0.3, -0.25) is 9.10 Å². The van der Waals surface area contributed by atoms with Gasteiger partial charge in [0.2, 0.25) is 15.9 Å². The van der Waals surface area contributed by atoms with E-state index in [0.29, 0.717) is 29.7 Å². The van der Waals surface area contributed by atoms with Gasteiger partial charge in [0.1, 0.15) is 6.54 Å². The van der Waals surface area contributed by atoms with Gasteiger partial charge in [-0.25, -0.2) is 8.42 Å². The van der Waals surface area contributed by atoms with Crippen LogP contribution < -0.4 is 4.31 Å². The average molecular weight is 421 g/mol. The number of piperidine rings is 1. The highest BCUT2D eigenvalue weighted by Gasteiger charge is 2.28. The molecule has 150 valence electrons. The van der Waals surface area contributed by atoms with Crippen LogP contribution in [-0.4, -0.2) is 45.1 Å². The van der Waals surface area contributed by atoms with Crippen molar-refractivity contribution in [1.82, 2.24) is 4.90 Å². The van der Waals surface area contributed by atoms with Crippen LogP contribution in [0.2, 0.25) is 5.02 Å². The predicted molar refractivity (Wildman–Crippen MR) is 113 cm³/mol. The summed E-state index contributed by atoms with van der Waals surface area (Å²) in [5, 5.41) is 0.308. The number of sulfonamides is 1. The molecular formula is C21H25ClN2O3S. The Kier molecular flexibility index (Phi) is 6.62. The molecule has 1 fully saturated rings. The molecule has 1 saturated heterocycles. The zero-order valence-electron chi connectivity index (χ0n) is 15.9. The lowest BCUT2D eigenvalue weighted by atomic mass is 9.90. The molecule has 28 heavy (non-hydrogen) atoms. The van der Waals surface area contributed by atoms with E-state index in [1.807, 2.05) is 18.2 Å². The zero-order valence-corrected chi connectivity index (χ0v) is 17.5. The number of rotatable bonds is 6. The number of para-hydroxylation sites is 1.